The van der Waals surface area contributed by atoms with Gasteiger partial charge in [-0.05, 0) is 25.5 Å². The van der Waals surface area contributed by atoms with Crippen molar-refractivity contribution in [2.45, 2.75) is 19.4 Å². The van der Waals surface area contributed by atoms with E-state index in [-0.39, 0.29) is 5.91 Å². The van der Waals surface area contributed by atoms with Crippen LogP contribution in [0.3, 0.4) is 0 Å². The molecule has 1 aromatic carbocycles. The average molecular weight is 316 g/mol. The second-order valence-electron chi connectivity index (χ2n) is 6.44. The lowest BCUT2D eigenvalue weighted by molar-refractivity contribution is -0.119. The summed E-state index contributed by atoms with van der Waals surface area (Å²) in [4.78, 5) is 19.5. The minimum Gasteiger partial charge on any atom is -0.314 e. The molecule has 0 bridgehead atoms. The summed E-state index contributed by atoms with van der Waals surface area (Å²) in [7, 11) is 0. The number of rotatable bonds is 5. The largest absolute Gasteiger partial charge is 0.314 e. The van der Waals surface area contributed by atoms with Crippen molar-refractivity contribution in [3.63, 3.8) is 0 Å². The summed E-state index contributed by atoms with van der Waals surface area (Å²) in [6.45, 7) is 9.81. The topological polar surface area (TPSA) is 38.8 Å². The summed E-state index contributed by atoms with van der Waals surface area (Å²) >= 11 is 0. The Balaban J connectivity index is 1.53. The number of nitrogens with one attached hydrogen (secondary N) is 1. The van der Waals surface area contributed by atoms with Gasteiger partial charge in [0.05, 0.1) is 6.54 Å². The smallest absolute Gasteiger partial charge is 0.241 e. The zero-order valence-electron chi connectivity index (χ0n) is 14.1. The van der Waals surface area contributed by atoms with E-state index in [2.05, 4.69) is 15.1 Å². The number of likely N-dealkylation sites (tertiary alicyclic amines) is 1. The molecule has 1 amide bonds. The van der Waals surface area contributed by atoms with Crippen molar-refractivity contribution in [1.82, 2.24) is 15.1 Å². The van der Waals surface area contributed by atoms with Crippen LogP contribution < -0.4 is 10.2 Å². The number of amides is 1. The van der Waals surface area contributed by atoms with E-state index in [1.165, 1.54) is 6.42 Å². The average Bonchev–Trinajstić information content (AvgIpc) is 3.06. The van der Waals surface area contributed by atoms with Gasteiger partial charge in [0.15, 0.2) is 0 Å². The molecule has 2 aliphatic heterocycles. The Morgan fingerprint density at radius 1 is 1.22 bits per heavy atom. The monoisotopic (exact) mass is 316 g/mol. The number of carbonyl (C=O) groups is 1. The summed E-state index contributed by atoms with van der Waals surface area (Å²) in [6.07, 6.45) is 1.19. The summed E-state index contributed by atoms with van der Waals surface area (Å²) in [5.41, 5.74) is 0.998. The maximum absolute atomic E-state index is 12.7. The molecule has 1 N–H and O–H groups in total. The molecule has 5 nitrogen and oxygen atoms in total. The van der Waals surface area contributed by atoms with Crippen LogP contribution in [0, 0.1) is 0 Å². The van der Waals surface area contributed by atoms with Gasteiger partial charge in [0.1, 0.15) is 0 Å². The Morgan fingerprint density at radius 3 is 2.65 bits per heavy atom. The summed E-state index contributed by atoms with van der Waals surface area (Å²) in [5, 5.41) is 3.41. The van der Waals surface area contributed by atoms with E-state index in [4.69, 9.17) is 0 Å². The highest BCUT2D eigenvalue weighted by atomic mass is 16.2. The SMILES string of the molecule is CCN(C(=O)CN1CCC(N2CCNCC2)C1)c1ccccc1. The van der Waals surface area contributed by atoms with Crippen LogP contribution in [0.15, 0.2) is 30.3 Å². The minimum atomic E-state index is 0.208. The third-order valence-corrected chi connectivity index (χ3v) is 4.96. The zero-order valence-corrected chi connectivity index (χ0v) is 14.1. The first kappa shape index (κ1) is 16.4. The summed E-state index contributed by atoms with van der Waals surface area (Å²) in [6, 6.07) is 10.6. The van der Waals surface area contributed by atoms with E-state index in [0.717, 1.165) is 51.5 Å². The molecule has 1 aromatic rings. The molecule has 0 radical (unpaired) electrons. The van der Waals surface area contributed by atoms with Gasteiger partial charge in [0.2, 0.25) is 5.91 Å². The molecule has 23 heavy (non-hydrogen) atoms. The van der Waals surface area contributed by atoms with Crippen LogP contribution in [0.4, 0.5) is 5.69 Å². The van der Waals surface area contributed by atoms with Gasteiger partial charge in [-0.15, -0.1) is 0 Å². The molecule has 0 spiro atoms. The fourth-order valence-corrected chi connectivity index (χ4v) is 3.69. The van der Waals surface area contributed by atoms with Crippen LogP contribution >= 0.6 is 0 Å². The quantitative estimate of drug-likeness (QED) is 0.880. The van der Waals surface area contributed by atoms with Crippen molar-refractivity contribution < 1.29 is 4.79 Å². The lowest BCUT2D eigenvalue weighted by Crippen LogP contribution is -2.49. The Morgan fingerprint density at radius 2 is 1.96 bits per heavy atom. The molecule has 0 aliphatic carbocycles. The van der Waals surface area contributed by atoms with Crippen LogP contribution in [-0.2, 0) is 4.79 Å². The summed E-state index contributed by atoms with van der Waals surface area (Å²) < 4.78 is 0. The Hall–Kier alpha value is -1.43. The molecule has 0 aromatic heterocycles. The third kappa shape index (κ3) is 4.10. The van der Waals surface area contributed by atoms with Gasteiger partial charge in [0, 0.05) is 57.5 Å². The van der Waals surface area contributed by atoms with E-state index < -0.39 is 0 Å². The number of benzene rings is 1. The van der Waals surface area contributed by atoms with Crippen molar-refractivity contribution in [2.24, 2.45) is 0 Å². The molecule has 0 saturated carbocycles. The predicted molar refractivity (Wildman–Crippen MR) is 93.8 cm³/mol. The molecular formula is C18H28N4O. The molecule has 2 saturated heterocycles. The maximum Gasteiger partial charge on any atom is 0.241 e. The Kier molecular flexibility index (Phi) is 5.65. The van der Waals surface area contributed by atoms with Crippen LogP contribution in [-0.4, -0.2) is 74.1 Å². The Bertz CT molecular complexity index is 501. The first-order valence-corrected chi connectivity index (χ1v) is 8.80. The highest BCUT2D eigenvalue weighted by molar-refractivity contribution is 5.94. The molecule has 1 atom stereocenters. The number of anilines is 1. The van der Waals surface area contributed by atoms with Gasteiger partial charge < -0.3 is 10.2 Å². The normalized spacial score (nSPS) is 23.1. The van der Waals surface area contributed by atoms with Crippen molar-refractivity contribution in [1.29, 1.82) is 0 Å². The number of piperazine rings is 1. The van der Waals surface area contributed by atoms with E-state index in [1.54, 1.807) is 0 Å². The molecule has 1 unspecified atom stereocenters. The van der Waals surface area contributed by atoms with E-state index >= 15 is 0 Å². The molecule has 2 aliphatic rings. The van der Waals surface area contributed by atoms with E-state index in [0.29, 0.717) is 12.6 Å². The van der Waals surface area contributed by atoms with E-state index in [9.17, 15) is 4.79 Å². The molecular weight excluding hydrogens is 288 g/mol. The lowest BCUT2D eigenvalue weighted by Gasteiger charge is -2.32. The number of carbonyl (C=O) groups excluding carboxylic acids is 1. The van der Waals surface area contributed by atoms with Gasteiger partial charge in [-0.25, -0.2) is 0 Å². The number of para-hydroxylation sites is 1. The number of hydrogen-bond acceptors (Lipinski definition) is 4. The van der Waals surface area contributed by atoms with Crippen LogP contribution in [0.5, 0.6) is 0 Å². The predicted octanol–water partition coefficient (Wildman–Crippen LogP) is 1.02. The number of nitrogens with zero attached hydrogens (tertiary/aromatic N) is 3. The van der Waals surface area contributed by atoms with Crippen molar-refractivity contribution in [3.8, 4) is 0 Å². The summed E-state index contributed by atoms with van der Waals surface area (Å²) in [5.74, 6) is 0.208. The van der Waals surface area contributed by atoms with Crippen LogP contribution in [0.2, 0.25) is 0 Å². The third-order valence-electron chi connectivity index (χ3n) is 4.96. The van der Waals surface area contributed by atoms with Crippen molar-refractivity contribution >= 4 is 11.6 Å². The molecule has 2 heterocycles. The van der Waals surface area contributed by atoms with Crippen LogP contribution in [0.25, 0.3) is 0 Å². The minimum absolute atomic E-state index is 0.208. The molecule has 3 rings (SSSR count). The van der Waals surface area contributed by atoms with Gasteiger partial charge in [-0.3, -0.25) is 14.6 Å². The lowest BCUT2D eigenvalue weighted by atomic mass is 10.2. The van der Waals surface area contributed by atoms with Crippen LogP contribution in [0.1, 0.15) is 13.3 Å². The first-order chi connectivity index (χ1) is 11.3. The maximum atomic E-state index is 12.7. The highest BCUT2D eigenvalue weighted by Crippen LogP contribution is 2.18. The fraction of sp³-hybridized carbons (Fsp3) is 0.611. The number of hydrogen-bond donors (Lipinski definition) is 1. The highest BCUT2D eigenvalue weighted by Gasteiger charge is 2.30. The van der Waals surface area contributed by atoms with Gasteiger partial charge in [0.25, 0.3) is 0 Å². The standard InChI is InChI=1S/C18H28N4O/c1-2-22(16-6-4-3-5-7-16)18(23)15-20-11-8-17(14-20)21-12-9-19-10-13-21/h3-7,17,19H,2,8-15H2,1H3. The molecule has 5 heteroatoms. The first-order valence-electron chi connectivity index (χ1n) is 8.80. The van der Waals surface area contributed by atoms with Gasteiger partial charge in [-0.2, -0.15) is 0 Å². The molecule has 2 fully saturated rings. The second-order valence-corrected chi connectivity index (χ2v) is 6.44. The number of likely N-dealkylation sites (N-methyl/N-ethyl adjacent to an activating group) is 1. The fourth-order valence-electron chi connectivity index (χ4n) is 3.69. The van der Waals surface area contributed by atoms with Gasteiger partial charge >= 0.3 is 0 Å². The zero-order chi connectivity index (χ0) is 16.1. The second kappa shape index (κ2) is 7.90. The van der Waals surface area contributed by atoms with Crippen molar-refractivity contribution in [3.05, 3.63) is 30.3 Å². The molecule has 126 valence electrons. The van der Waals surface area contributed by atoms with Gasteiger partial charge in [-0.1, -0.05) is 18.2 Å². The van der Waals surface area contributed by atoms with E-state index in [1.807, 2.05) is 42.2 Å². The van der Waals surface area contributed by atoms with Crippen molar-refractivity contribution in [2.75, 3.05) is 57.3 Å². The Labute approximate surface area is 139 Å².